The predicted octanol–water partition coefficient (Wildman–Crippen LogP) is 1.60. The number of hydrogen-bond donors (Lipinski definition) is 1. The number of carbonyl (C=O) groups excluding carboxylic acids is 1. The monoisotopic (exact) mass is 263 g/mol. The Kier molecular flexibility index (Phi) is 3.82. The van der Waals surface area contributed by atoms with Crippen molar-refractivity contribution in [2.45, 2.75) is 18.2 Å². The lowest BCUT2D eigenvalue weighted by Crippen LogP contribution is -2.20. The quantitative estimate of drug-likeness (QED) is 0.901. The Hall–Kier alpha value is -1.50. The van der Waals surface area contributed by atoms with Gasteiger partial charge in [0.1, 0.15) is 0 Å². The Morgan fingerprint density at radius 3 is 2.41 bits per heavy atom. The van der Waals surface area contributed by atoms with Crippen LogP contribution in [0.25, 0.3) is 0 Å². The van der Waals surface area contributed by atoms with Gasteiger partial charge in [-0.3, -0.25) is 4.79 Å². The molecule has 1 aromatic carbocycles. The van der Waals surface area contributed by atoms with E-state index in [0.29, 0.717) is 5.56 Å². The van der Waals surface area contributed by atoms with E-state index in [1.54, 1.807) is 6.92 Å². The van der Waals surface area contributed by atoms with Crippen LogP contribution in [0.1, 0.15) is 5.56 Å². The van der Waals surface area contributed by atoms with Gasteiger partial charge in [-0.15, -0.1) is 0 Å². The molecule has 0 heterocycles. The van der Waals surface area contributed by atoms with Gasteiger partial charge in [0.25, 0.3) is 5.91 Å². The molecule has 17 heavy (non-hydrogen) atoms. The Labute approximate surface area is 97.6 Å². The largest absolute Gasteiger partial charge is 0.321 e. The molecule has 0 aliphatic carbocycles. The van der Waals surface area contributed by atoms with Crippen LogP contribution in [0.4, 0.5) is 14.5 Å². The lowest BCUT2D eigenvalue weighted by Gasteiger charge is -2.09. The van der Waals surface area contributed by atoms with Crippen molar-refractivity contribution in [1.29, 1.82) is 0 Å². The number of amides is 1. The van der Waals surface area contributed by atoms with E-state index in [1.165, 1.54) is 12.1 Å². The number of rotatable bonds is 3. The fourth-order valence-corrected chi connectivity index (χ4v) is 1.80. The maximum Gasteiger partial charge on any atom is 0.315 e. The highest BCUT2D eigenvalue weighted by atomic mass is 32.2. The molecule has 0 bridgehead atoms. The molecule has 0 aromatic heterocycles. The molecule has 1 N–H and O–H groups in total. The summed E-state index contributed by atoms with van der Waals surface area (Å²) >= 11 is 0. The zero-order chi connectivity index (χ0) is 13.2. The van der Waals surface area contributed by atoms with Crippen molar-refractivity contribution in [3.8, 4) is 0 Å². The number of carbonyl (C=O) groups is 1. The summed E-state index contributed by atoms with van der Waals surface area (Å²) in [4.78, 5) is 10.8. The maximum atomic E-state index is 12.0. The van der Waals surface area contributed by atoms with Crippen LogP contribution in [0.5, 0.6) is 0 Å². The second kappa shape index (κ2) is 4.79. The van der Waals surface area contributed by atoms with Gasteiger partial charge < -0.3 is 5.32 Å². The topological polar surface area (TPSA) is 63.2 Å². The number of hydrogen-bond acceptors (Lipinski definition) is 3. The van der Waals surface area contributed by atoms with E-state index in [2.05, 4.69) is 0 Å². The molecule has 1 aromatic rings. The van der Waals surface area contributed by atoms with Gasteiger partial charge in [-0.2, -0.15) is 8.78 Å². The molecule has 0 fully saturated rings. The summed E-state index contributed by atoms with van der Waals surface area (Å²) in [6.45, 7) is 1.58. The van der Waals surface area contributed by atoms with Crippen LogP contribution in [0.3, 0.4) is 0 Å². The van der Waals surface area contributed by atoms with Gasteiger partial charge in [0.2, 0.25) is 0 Å². The van der Waals surface area contributed by atoms with Gasteiger partial charge in [-0.25, -0.2) is 8.42 Å². The standard InChI is InChI=1S/C10H11F2NO3S/c1-6-3-4-7(17(2,15)16)5-8(6)13-10(14)9(11)12/h3-5,9H,1-2H3,(H,13,14). The van der Waals surface area contributed by atoms with Crippen molar-refractivity contribution in [3.05, 3.63) is 23.8 Å². The van der Waals surface area contributed by atoms with Gasteiger partial charge in [-0.1, -0.05) is 6.07 Å². The zero-order valence-corrected chi connectivity index (χ0v) is 10.0. The van der Waals surface area contributed by atoms with Gasteiger partial charge >= 0.3 is 6.43 Å². The van der Waals surface area contributed by atoms with Crippen LogP contribution < -0.4 is 5.32 Å². The molecule has 0 aliphatic heterocycles. The number of sulfone groups is 1. The smallest absolute Gasteiger partial charge is 0.315 e. The van der Waals surface area contributed by atoms with E-state index in [-0.39, 0.29) is 10.6 Å². The molecule has 94 valence electrons. The minimum absolute atomic E-state index is 0.0346. The first-order valence-electron chi connectivity index (χ1n) is 4.61. The van der Waals surface area contributed by atoms with Crippen molar-refractivity contribution in [3.63, 3.8) is 0 Å². The molecular formula is C10H11F2NO3S. The average Bonchev–Trinajstić information content (AvgIpc) is 2.19. The van der Waals surface area contributed by atoms with E-state index >= 15 is 0 Å². The third-order valence-corrected chi connectivity index (χ3v) is 3.20. The fraction of sp³-hybridized carbons (Fsp3) is 0.300. The summed E-state index contributed by atoms with van der Waals surface area (Å²) in [6, 6.07) is 3.95. The summed E-state index contributed by atoms with van der Waals surface area (Å²) in [5.41, 5.74) is 0.574. The number of benzene rings is 1. The highest BCUT2D eigenvalue weighted by Crippen LogP contribution is 2.20. The number of aryl methyl sites for hydroxylation is 1. The minimum Gasteiger partial charge on any atom is -0.321 e. The molecule has 0 radical (unpaired) electrons. The average molecular weight is 263 g/mol. The van der Waals surface area contributed by atoms with Crippen molar-refractivity contribution in [1.82, 2.24) is 0 Å². The van der Waals surface area contributed by atoms with Gasteiger partial charge in [0.15, 0.2) is 9.84 Å². The Balaban J connectivity index is 3.12. The first-order valence-corrected chi connectivity index (χ1v) is 6.50. The fourth-order valence-electron chi connectivity index (χ4n) is 1.15. The number of anilines is 1. The van der Waals surface area contributed by atoms with E-state index in [0.717, 1.165) is 12.3 Å². The van der Waals surface area contributed by atoms with E-state index in [9.17, 15) is 22.0 Å². The molecule has 0 spiro atoms. The number of halogens is 2. The summed E-state index contributed by atoms with van der Waals surface area (Å²) < 4.78 is 46.6. The lowest BCUT2D eigenvalue weighted by molar-refractivity contribution is -0.126. The van der Waals surface area contributed by atoms with Gasteiger partial charge in [-0.05, 0) is 24.6 Å². The highest BCUT2D eigenvalue weighted by Gasteiger charge is 2.17. The van der Waals surface area contributed by atoms with Crippen LogP contribution in [0, 0.1) is 6.92 Å². The maximum absolute atomic E-state index is 12.0. The van der Waals surface area contributed by atoms with Crippen molar-refractivity contribution < 1.29 is 22.0 Å². The lowest BCUT2D eigenvalue weighted by atomic mass is 10.2. The third-order valence-electron chi connectivity index (χ3n) is 2.09. The van der Waals surface area contributed by atoms with Gasteiger partial charge in [0.05, 0.1) is 4.90 Å². The number of nitrogens with one attached hydrogen (secondary N) is 1. The number of alkyl halides is 2. The van der Waals surface area contributed by atoms with Crippen molar-refractivity contribution in [2.75, 3.05) is 11.6 Å². The van der Waals surface area contributed by atoms with Crippen LogP contribution in [0.2, 0.25) is 0 Å². The van der Waals surface area contributed by atoms with E-state index in [4.69, 9.17) is 0 Å². The van der Waals surface area contributed by atoms with Crippen LogP contribution in [-0.4, -0.2) is 27.0 Å². The Morgan fingerprint density at radius 1 is 1.35 bits per heavy atom. The molecule has 0 atom stereocenters. The molecule has 0 saturated heterocycles. The van der Waals surface area contributed by atoms with Crippen LogP contribution in [-0.2, 0) is 14.6 Å². The normalized spacial score (nSPS) is 11.6. The molecule has 0 unspecified atom stereocenters. The zero-order valence-electron chi connectivity index (χ0n) is 9.20. The van der Waals surface area contributed by atoms with Crippen molar-refractivity contribution in [2.24, 2.45) is 0 Å². The Morgan fingerprint density at radius 2 is 1.94 bits per heavy atom. The predicted molar refractivity (Wildman–Crippen MR) is 58.9 cm³/mol. The molecule has 0 saturated carbocycles. The highest BCUT2D eigenvalue weighted by molar-refractivity contribution is 7.90. The molecule has 1 amide bonds. The van der Waals surface area contributed by atoms with Crippen LogP contribution in [0.15, 0.2) is 23.1 Å². The second-order valence-corrected chi connectivity index (χ2v) is 5.55. The summed E-state index contributed by atoms with van der Waals surface area (Å²) in [5.74, 6) is -1.46. The first kappa shape index (κ1) is 13.6. The van der Waals surface area contributed by atoms with Crippen LogP contribution >= 0.6 is 0 Å². The summed E-state index contributed by atoms with van der Waals surface area (Å²) in [7, 11) is -3.44. The van der Waals surface area contributed by atoms with E-state index < -0.39 is 22.2 Å². The molecule has 7 heteroatoms. The Bertz CT molecular complexity index is 540. The minimum atomic E-state index is -3.44. The molecule has 4 nitrogen and oxygen atoms in total. The third kappa shape index (κ3) is 3.48. The van der Waals surface area contributed by atoms with Gasteiger partial charge in [0, 0.05) is 11.9 Å². The van der Waals surface area contributed by atoms with Crippen molar-refractivity contribution >= 4 is 21.4 Å². The first-order chi connectivity index (χ1) is 7.71. The SMILES string of the molecule is Cc1ccc(S(C)(=O)=O)cc1NC(=O)C(F)F. The summed E-state index contributed by atoms with van der Waals surface area (Å²) in [5, 5.41) is 1.97. The summed E-state index contributed by atoms with van der Waals surface area (Å²) in [6.07, 6.45) is -2.15. The van der Waals surface area contributed by atoms with E-state index in [1.807, 2.05) is 5.32 Å². The molecule has 1 rings (SSSR count). The molecule has 0 aliphatic rings. The second-order valence-electron chi connectivity index (χ2n) is 3.54. The molecular weight excluding hydrogens is 252 g/mol.